The molecule has 0 bridgehead atoms. The van der Waals surface area contributed by atoms with Crippen molar-refractivity contribution in [3.05, 3.63) is 69.7 Å². The summed E-state index contributed by atoms with van der Waals surface area (Å²) in [5.74, 6) is 3.87. The molecule has 0 aliphatic rings. The number of benzene rings is 2. The van der Waals surface area contributed by atoms with Crippen LogP contribution >= 0.6 is 15.9 Å². The first-order valence-corrected chi connectivity index (χ1v) is 7.02. The van der Waals surface area contributed by atoms with Crippen molar-refractivity contribution in [2.24, 2.45) is 5.84 Å². The van der Waals surface area contributed by atoms with E-state index in [9.17, 15) is 8.78 Å². The van der Waals surface area contributed by atoms with Gasteiger partial charge in [0.2, 0.25) is 0 Å². The molecule has 0 radical (unpaired) electrons. The molecule has 3 N–H and O–H groups in total. The number of nitrogens with one attached hydrogen (secondary N) is 1. The molecule has 0 saturated carbocycles. The van der Waals surface area contributed by atoms with E-state index in [1.807, 2.05) is 24.3 Å². The fourth-order valence-electron chi connectivity index (χ4n) is 2.05. The first kappa shape index (κ1) is 15.1. The Bertz CT molecular complexity index is 573. The summed E-state index contributed by atoms with van der Waals surface area (Å²) in [4.78, 5) is 0. The summed E-state index contributed by atoms with van der Waals surface area (Å²) in [5, 5.41) is 0. The van der Waals surface area contributed by atoms with Gasteiger partial charge in [-0.3, -0.25) is 11.3 Å². The first-order valence-electron chi connectivity index (χ1n) is 6.23. The van der Waals surface area contributed by atoms with Crippen LogP contribution in [0.3, 0.4) is 0 Å². The minimum absolute atomic E-state index is 0.0407. The lowest BCUT2D eigenvalue weighted by Gasteiger charge is -2.16. The molecule has 1 atom stereocenters. The van der Waals surface area contributed by atoms with Crippen molar-refractivity contribution in [2.75, 3.05) is 0 Å². The molecule has 2 rings (SSSR count). The highest BCUT2D eigenvalue weighted by molar-refractivity contribution is 9.10. The van der Waals surface area contributed by atoms with Crippen LogP contribution in [0.15, 0.2) is 46.9 Å². The highest BCUT2D eigenvalue weighted by Crippen LogP contribution is 2.15. The molecule has 0 aliphatic heterocycles. The lowest BCUT2D eigenvalue weighted by atomic mass is 9.99. The molecule has 2 aromatic carbocycles. The second-order valence-corrected chi connectivity index (χ2v) is 5.56. The fourth-order valence-corrected chi connectivity index (χ4v) is 2.31. The maximum Gasteiger partial charge on any atom is 0.159 e. The van der Waals surface area contributed by atoms with Crippen molar-refractivity contribution in [3.8, 4) is 0 Å². The van der Waals surface area contributed by atoms with Gasteiger partial charge in [-0.15, -0.1) is 0 Å². The van der Waals surface area contributed by atoms with Gasteiger partial charge >= 0.3 is 0 Å². The Balaban J connectivity index is 2.04. The summed E-state index contributed by atoms with van der Waals surface area (Å²) >= 11 is 3.38. The summed E-state index contributed by atoms with van der Waals surface area (Å²) in [7, 11) is 0. The minimum atomic E-state index is -0.834. The smallest absolute Gasteiger partial charge is 0.159 e. The fraction of sp³-hybridized carbons (Fsp3) is 0.200. The van der Waals surface area contributed by atoms with E-state index in [0.717, 1.165) is 16.1 Å². The topological polar surface area (TPSA) is 38.0 Å². The van der Waals surface area contributed by atoms with Crippen molar-refractivity contribution in [3.63, 3.8) is 0 Å². The summed E-state index contributed by atoms with van der Waals surface area (Å²) in [6.45, 7) is 0. The lowest BCUT2D eigenvalue weighted by Crippen LogP contribution is -2.38. The lowest BCUT2D eigenvalue weighted by molar-refractivity contribution is 0.498. The van der Waals surface area contributed by atoms with Crippen LogP contribution in [0.2, 0.25) is 0 Å². The van der Waals surface area contributed by atoms with Crippen molar-refractivity contribution >= 4 is 15.9 Å². The maximum absolute atomic E-state index is 13.2. The van der Waals surface area contributed by atoms with E-state index < -0.39 is 11.6 Å². The van der Waals surface area contributed by atoms with Gasteiger partial charge in [-0.05, 0) is 48.2 Å². The molecular weight excluding hydrogens is 326 g/mol. The number of hydrogen-bond donors (Lipinski definition) is 2. The molecule has 1 unspecified atom stereocenters. The number of halogens is 3. The van der Waals surface area contributed by atoms with Gasteiger partial charge in [-0.1, -0.05) is 34.1 Å². The molecule has 0 spiro atoms. The summed E-state index contributed by atoms with van der Waals surface area (Å²) in [6, 6.07) is 11.8. The van der Waals surface area contributed by atoms with Crippen molar-refractivity contribution < 1.29 is 8.78 Å². The van der Waals surface area contributed by atoms with Gasteiger partial charge in [0.25, 0.3) is 0 Å². The second kappa shape index (κ2) is 6.92. The third-order valence-corrected chi connectivity index (χ3v) is 3.63. The molecule has 0 saturated heterocycles. The van der Waals surface area contributed by atoms with Crippen LogP contribution in [0.5, 0.6) is 0 Å². The standard InChI is InChI=1S/C15H15BrF2N2/c16-12-4-1-10(2-5-12)7-13(20-19)8-11-3-6-14(17)15(18)9-11/h1-6,9,13,20H,7-8,19H2. The third kappa shape index (κ3) is 4.10. The summed E-state index contributed by atoms with van der Waals surface area (Å²) in [5.41, 5.74) is 4.56. The monoisotopic (exact) mass is 340 g/mol. The minimum Gasteiger partial charge on any atom is -0.271 e. The van der Waals surface area contributed by atoms with Crippen LogP contribution in [0, 0.1) is 11.6 Å². The Hall–Kier alpha value is -1.30. The van der Waals surface area contributed by atoms with Crippen molar-refractivity contribution in [1.29, 1.82) is 0 Å². The quantitative estimate of drug-likeness (QED) is 0.647. The summed E-state index contributed by atoms with van der Waals surface area (Å²) < 4.78 is 27.1. The number of rotatable bonds is 5. The molecule has 5 heteroatoms. The van der Waals surface area contributed by atoms with E-state index in [-0.39, 0.29) is 6.04 Å². The molecule has 2 nitrogen and oxygen atoms in total. The van der Waals surface area contributed by atoms with Crippen LogP contribution in [0.25, 0.3) is 0 Å². The van der Waals surface area contributed by atoms with Gasteiger partial charge in [0.15, 0.2) is 11.6 Å². The zero-order chi connectivity index (χ0) is 14.5. The predicted molar refractivity (Wildman–Crippen MR) is 79.0 cm³/mol. The van der Waals surface area contributed by atoms with E-state index in [0.29, 0.717) is 18.4 Å². The van der Waals surface area contributed by atoms with E-state index in [1.165, 1.54) is 6.07 Å². The van der Waals surface area contributed by atoms with Crippen molar-refractivity contribution in [1.82, 2.24) is 5.43 Å². The molecule has 0 amide bonds. The third-order valence-electron chi connectivity index (χ3n) is 3.10. The SMILES string of the molecule is NNC(Cc1ccc(Br)cc1)Cc1ccc(F)c(F)c1. The van der Waals surface area contributed by atoms with Crippen LogP contribution in [0.4, 0.5) is 8.78 Å². The largest absolute Gasteiger partial charge is 0.271 e. The Morgan fingerprint density at radius 1 is 0.950 bits per heavy atom. The van der Waals surface area contributed by atoms with Crippen LogP contribution in [0.1, 0.15) is 11.1 Å². The number of hydrogen-bond acceptors (Lipinski definition) is 2. The van der Waals surface area contributed by atoms with E-state index in [4.69, 9.17) is 5.84 Å². The van der Waals surface area contributed by atoms with E-state index >= 15 is 0 Å². The summed E-state index contributed by atoms with van der Waals surface area (Å²) in [6.07, 6.45) is 1.24. The Morgan fingerprint density at radius 2 is 1.55 bits per heavy atom. The van der Waals surface area contributed by atoms with Gasteiger partial charge in [0.05, 0.1) is 0 Å². The molecule has 106 valence electrons. The zero-order valence-corrected chi connectivity index (χ0v) is 12.3. The van der Waals surface area contributed by atoms with Gasteiger partial charge < -0.3 is 0 Å². The second-order valence-electron chi connectivity index (χ2n) is 4.65. The van der Waals surface area contributed by atoms with Gasteiger partial charge in [-0.2, -0.15) is 0 Å². The van der Waals surface area contributed by atoms with Crippen molar-refractivity contribution in [2.45, 2.75) is 18.9 Å². The highest BCUT2D eigenvalue weighted by Gasteiger charge is 2.11. The Kier molecular flexibility index (Phi) is 5.23. The Morgan fingerprint density at radius 3 is 2.15 bits per heavy atom. The van der Waals surface area contributed by atoms with Crippen LogP contribution < -0.4 is 11.3 Å². The molecule has 0 heterocycles. The normalized spacial score (nSPS) is 12.4. The van der Waals surface area contributed by atoms with E-state index in [2.05, 4.69) is 21.4 Å². The van der Waals surface area contributed by atoms with Gasteiger partial charge in [0.1, 0.15) is 0 Å². The average Bonchev–Trinajstić information content (AvgIpc) is 2.44. The van der Waals surface area contributed by atoms with Crippen LogP contribution in [-0.2, 0) is 12.8 Å². The Labute approximate surface area is 125 Å². The molecule has 0 aliphatic carbocycles. The molecule has 20 heavy (non-hydrogen) atoms. The maximum atomic E-state index is 13.2. The number of hydrazine groups is 1. The average molecular weight is 341 g/mol. The predicted octanol–water partition coefficient (Wildman–Crippen LogP) is 3.34. The molecule has 2 aromatic rings. The molecule has 0 aromatic heterocycles. The van der Waals surface area contributed by atoms with Gasteiger partial charge in [-0.25, -0.2) is 8.78 Å². The number of nitrogens with two attached hydrogens (primary N) is 1. The molecular formula is C15H15BrF2N2. The van der Waals surface area contributed by atoms with E-state index in [1.54, 1.807) is 6.07 Å². The van der Waals surface area contributed by atoms with Crippen LogP contribution in [-0.4, -0.2) is 6.04 Å². The molecule has 0 fully saturated rings. The highest BCUT2D eigenvalue weighted by atomic mass is 79.9. The zero-order valence-electron chi connectivity index (χ0n) is 10.7. The van der Waals surface area contributed by atoms with Gasteiger partial charge in [0, 0.05) is 10.5 Å². The first-order chi connectivity index (χ1) is 9.58.